The van der Waals surface area contributed by atoms with Crippen molar-refractivity contribution in [3.63, 3.8) is 0 Å². The Labute approximate surface area is 445 Å². The van der Waals surface area contributed by atoms with E-state index in [1.807, 2.05) is 0 Å². The fourth-order valence-electron chi connectivity index (χ4n) is 9.83. The molecule has 4 aromatic carbocycles. The van der Waals surface area contributed by atoms with Crippen molar-refractivity contribution >= 4 is 83.5 Å². The van der Waals surface area contributed by atoms with Crippen LogP contribution < -0.4 is 0 Å². The third-order valence-corrected chi connectivity index (χ3v) is 21.4. The van der Waals surface area contributed by atoms with Gasteiger partial charge in [-0.25, -0.2) is 63.6 Å². The standard InChI is InChI=1S/C56H66N8O8S4/c1-5-9-13-17-29-73(65,66)37-21-25-41-45(33-37)53-57-49(41)62-54-47-35-39(75(69,70)31-19-15-11-7-3)23-27-43(47)51(59-54)64-56-48-36-40(76(71,72)32-20-16-12-8-4)24-28-44(48)52(60-56)63-55-46-34-38(22-26-42(46)50(58-55)61-53)74(67,68)30-18-14-10-6-2/h21-28,33-36H,5-20,29-32H2,1-4H3,(H2,57,58,59,60,61,62,63,64). The van der Waals surface area contributed by atoms with Crippen molar-refractivity contribution in [2.45, 2.75) is 150 Å². The minimum absolute atomic E-state index is 0.0406. The van der Waals surface area contributed by atoms with Gasteiger partial charge in [-0.3, -0.25) is 0 Å². The summed E-state index contributed by atoms with van der Waals surface area (Å²) in [6, 6.07) is 19.0. The van der Waals surface area contributed by atoms with Crippen molar-refractivity contribution in [3.05, 3.63) is 72.8 Å². The lowest BCUT2D eigenvalue weighted by Gasteiger charge is -2.07. The lowest BCUT2D eigenvalue weighted by Crippen LogP contribution is -2.07. The maximum Gasteiger partial charge on any atom is 0.178 e. The van der Waals surface area contributed by atoms with Crippen LogP contribution in [0.4, 0.5) is 0 Å². The summed E-state index contributed by atoms with van der Waals surface area (Å²) in [6.45, 7) is 8.25. The normalized spacial score (nSPS) is 12.9. The Kier molecular flexibility index (Phi) is 16.5. The third kappa shape index (κ3) is 11.6. The Hall–Kier alpha value is -5.96. The number of H-pyrrole nitrogens is 2. The first kappa shape index (κ1) is 54.8. The number of nitrogens with one attached hydrogen (secondary N) is 2. The third-order valence-electron chi connectivity index (χ3n) is 14.2. The highest BCUT2D eigenvalue weighted by Gasteiger charge is 2.28. The van der Waals surface area contributed by atoms with Gasteiger partial charge < -0.3 is 9.97 Å². The van der Waals surface area contributed by atoms with E-state index in [2.05, 4.69) is 37.7 Å². The number of hydrogen-bond donors (Lipinski definition) is 2. The zero-order chi connectivity index (χ0) is 53.8. The van der Waals surface area contributed by atoms with Crippen molar-refractivity contribution in [2.75, 3.05) is 23.0 Å². The molecule has 7 aromatic rings. The van der Waals surface area contributed by atoms with Gasteiger partial charge in [0.15, 0.2) is 62.6 Å². The van der Waals surface area contributed by atoms with Gasteiger partial charge in [-0.15, -0.1) is 0 Å². The van der Waals surface area contributed by atoms with E-state index in [9.17, 15) is 33.7 Å². The number of nitrogens with zero attached hydrogens (tertiary/aromatic N) is 6. The first-order valence-corrected chi connectivity index (χ1v) is 33.4. The minimum Gasteiger partial charge on any atom is -0.324 e. The first-order chi connectivity index (χ1) is 36.5. The quantitative estimate of drug-likeness (QED) is 0.0535. The second kappa shape index (κ2) is 22.9. The van der Waals surface area contributed by atoms with Gasteiger partial charge in [0.1, 0.15) is 22.6 Å². The molecule has 20 heteroatoms. The highest BCUT2D eigenvalue weighted by molar-refractivity contribution is 7.92. The van der Waals surface area contributed by atoms with Gasteiger partial charge in [-0.1, -0.05) is 105 Å². The van der Waals surface area contributed by atoms with Crippen LogP contribution >= 0.6 is 0 Å². The van der Waals surface area contributed by atoms with E-state index in [0.717, 1.165) is 77.0 Å². The van der Waals surface area contributed by atoms with Gasteiger partial charge in [0, 0.05) is 43.8 Å². The van der Waals surface area contributed by atoms with Crippen LogP contribution in [0.25, 0.3) is 89.7 Å². The van der Waals surface area contributed by atoms with E-state index in [1.54, 1.807) is 60.7 Å². The number of sulfone groups is 4. The topological polar surface area (TPSA) is 245 Å². The van der Waals surface area contributed by atoms with Crippen molar-refractivity contribution in [1.29, 1.82) is 0 Å². The number of benzene rings is 4. The molecule has 5 heterocycles. The molecule has 3 aromatic heterocycles. The average Bonchev–Trinajstić information content (AvgIpc) is 4.14. The molecule has 0 saturated heterocycles. The Bertz CT molecular complexity index is 3730. The molecule has 0 saturated carbocycles. The van der Waals surface area contributed by atoms with Gasteiger partial charge >= 0.3 is 0 Å². The summed E-state index contributed by atoms with van der Waals surface area (Å²) < 4.78 is 111. The highest BCUT2D eigenvalue weighted by atomic mass is 32.2. The second-order valence-electron chi connectivity index (χ2n) is 20.0. The van der Waals surface area contributed by atoms with E-state index in [-0.39, 0.29) is 88.5 Å². The molecule has 0 radical (unpaired) electrons. The fourth-order valence-corrected chi connectivity index (χ4v) is 15.4. The molecule has 0 spiro atoms. The number of aromatic nitrogens is 8. The van der Waals surface area contributed by atoms with E-state index < -0.39 is 39.3 Å². The molecule has 76 heavy (non-hydrogen) atoms. The molecule has 2 aliphatic rings. The number of fused-ring (bicyclic) bond motifs is 20. The van der Waals surface area contributed by atoms with Crippen LogP contribution in [0.3, 0.4) is 0 Å². The number of rotatable bonds is 24. The molecule has 0 fully saturated rings. The summed E-state index contributed by atoms with van der Waals surface area (Å²) in [6.07, 6.45) is 12.6. The SMILES string of the molecule is CCCCCCS(=O)(=O)c1ccc2c(c1)-c1nc-2nc2[nH]c(nc3nc(nc4[nH]c(n1)c1ccc(S(=O)(=O)CCCCCC)cc41)-c1ccc(S(=O)(=O)CCCCCC)cc1-3)c1ccc(S(=O)(=O)CCCCCC)cc21. The van der Waals surface area contributed by atoms with Crippen molar-refractivity contribution in [1.82, 2.24) is 39.9 Å². The summed E-state index contributed by atoms with van der Waals surface area (Å²) in [7, 11) is -15.0. The van der Waals surface area contributed by atoms with Gasteiger partial charge in [0.2, 0.25) is 0 Å². The summed E-state index contributed by atoms with van der Waals surface area (Å²) in [4.78, 5) is 37.2. The number of unbranched alkanes of at least 4 members (excludes halogenated alkanes) is 12. The van der Waals surface area contributed by atoms with Crippen LogP contribution in [-0.2, 0) is 39.3 Å². The van der Waals surface area contributed by atoms with Gasteiger partial charge in [-0.2, -0.15) is 0 Å². The highest BCUT2D eigenvalue weighted by Crippen LogP contribution is 2.40. The molecule has 2 aliphatic heterocycles. The molecule has 16 nitrogen and oxygen atoms in total. The molecule has 2 N–H and O–H groups in total. The van der Waals surface area contributed by atoms with Crippen molar-refractivity contribution in [2.24, 2.45) is 0 Å². The number of aromatic amines is 2. The molecular weight excluding hydrogens is 1040 g/mol. The van der Waals surface area contributed by atoms with Crippen molar-refractivity contribution in [3.8, 4) is 45.6 Å². The van der Waals surface area contributed by atoms with Crippen LogP contribution in [0.1, 0.15) is 130 Å². The number of hydrogen-bond acceptors (Lipinski definition) is 14. The zero-order valence-electron chi connectivity index (χ0n) is 43.7. The molecule has 9 rings (SSSR count). The first-order valence-electron chi connectivity index (χ1n) is 26.8. The Morgan fingerprint density at radius 1 is 0.303 bits per heavy atom. The van der Waals surface area contributed by atoms with Crippen LogP contribution in [0.5, 0.6) is 0 Å². The molecule has 0 amide bonds. The zero-order valence-corrected chi connectivity index (χ0v) is 46.9. The second-order valence-corrected chi connectivity index (χ2v) is 28.4. The van der Waals surface area contributed by atoms with Crippen LogP contribution in [-0.4, -0.2) is 96.6 Å². The molecule has 0 unspecified atom stereocenters. The molecule has 0 aliphatic carbocycles. The maximum absolute atomic E-state index is 13.9. The monoisotopic (exact) mass is 1110 g/mol. The summed E-state index contributed by atoms with van der Waals surface area (Å²) in [5.41, 5.74) is 2.57. The van der Waals surface area contributed by atoms with Crippen LogP contribution in [0.2, 0.25) is 0 Å². The summed E-state index contributed by atoms with van der Waals surface area (Å²) >= 11 is 0. The lowest BCUT2D eigenvalue weighted by molar-refractivity contribution is 0.587. The molecular formula is C56H66N8O8S4. The molecule has 8 bridgehead atoms. The van der Waals surface area contributed by atoms with E-state index in [1.165, 1.54) is 12.1 Å². The molecule has 402 valence electrons. The van der Waals surface area contributed by atoms with Gasteiger partial charge in [-0.05, 0) is 98.5 Å². The van der Waals surface area contributed by atoms with Gasteiger partial charge in [0.25, 0.3) is 0 Å². The maximum atomic E-state index is 13.9. The largest absolute Gasteiger partial charge is 0.324 e. The van der Waals surface area contributed by atoms with Crippen LogP contribution in [0.15, 0.2) is 92.4 Å². The Morgan fingerprint density at radius 3 is 0.895 bits per heavy atom. The average molecular weight is 1110 g/mol. The van der Waals surface area contributed by atoms with Crippen molar-refractivity contribution < 1.29 is 33.7 Å². The predicted octanol–water partition coefficient (Wildman–Crippen LogP) is 12.3. The Morgan fingerprint density at radius 2 is 0.579 bits per heavy atom. The molecule has 0 atom stereocenters. The Balaban J connectivity index is 1.34. The van der Waals surface area contributed by atoms with Crippen LogP contribution in [0, 0.1) is 0 Å². The summed E-state index contributed by atoms with van der Waals surface area (Å²) in [5.74, 6) is 0.371. The lowest BCUT2D eigenvalue weighted by atomic mass is 10.1. The summed E-state index contributed by atoms with van der Waals surface area (Å²) in [5, 5.41) is 1.79. The van der Waals surface area contributed by atoms with E-state index in [4.69, 9.17) is 29.9 Å². The van der Waals surface area contributed by atoms with Gasteiger partial charge in [0.05, 0.1) is 42.6 Å². The fraction of sp³-hybridized carbons (Fsp3) is 0.429. The van der Waals surface area contributed by atoms with E-state index in [0.29, 0.717) is 69.5 Å². The predicted molar refractivity (Wildman–Crippen MR) is 301 cm³/mol. The smallest absolute Gasteiger partial charge is 0.178 e. The van der Waals surface area contributed by atoms with E-state index >= 15 is 0 Å². The minimum atomic E-state index is -3.74.